The predicted octanol–water partition coefficient (Wildman–Crippen LogP) is 2.50. The lowest BCUT2D eigenvalue weighted by Gasteiger charge is -2.12. The number of nitrogens with two attached hydrogens (primary N) is 1. The molecule has 6 heteroatoms. The fourth-order valence-electron chi connectivity index (χ4n) is 1.69. The Hall–Kier alpha value is -2.65. The van der Waals surface area contributed by atoms with Gasteiger partial charge in [0.1, 0.15) is 23.5 Å². The molecule has 4 N–H and O–H groups in total. The number of aromatic nitrogens is 2. The Kier molecular flexibility index (Phi) is 4.13. The van der Waals surface area contributed by atoms with Crippen molar-refractivity contribution < 1.29 is 0 Å². The van der Waals surface area contributed by atoms with Crippen molar-refractivity contribution in [1.82, 2.24) is 9.97 Å². The van der Waals surface area contributed by atoms with E-state index < -0.39 is 0 Å². The molecule has 0 amide bonds. The number of benzene rings is 1. The van der Waals surface area contributed by atoms with E-state index >= 15 is 0 Å². The summed E-state index contributed by atoms with van der Waals surface area (Å²) in [6, 6.07) is 11.1. The van der Waals surface area contributed by atoms with E-state index in [-0.39, 0.29) is 5.92 Å². The first kappa shape index (κ1) is 13.8. The van der Waals surface area contributed by atoms with Gasteiger partial charge in [0.25, 0.3) is 0 Å². The molecule has 0 aliphatic heterocycles. The highest BCUT2D eigenvalue weighted by atomic mass is 15.3. The largest absolute Gasteiger partial charge is 0.339 e. The molecule has 6 nitrogen and oxygen atoms in total. The molecule has 0 spiro atoms. The monoisotopic (exact) mass is 268 g/mol. The molecule has 2 rings (SSSR count). The van der Waals surface area contributed by atoms with Crippen LogP contribution in [0.2, 0.25) is 0 Å². The van der Waals surface area contributed by atoms with E-state index in [0.29, 0.717) is 28.7 Å². The molecule has 0 saturated heterocycles. The Morgan fingerprint density at radius 1 is 1.20 bits per heavy atom. The zero-order chi connectivity index (χ0) is 14.5. The summed E-state index contributed by atoms with van der Waals surface area (Å²) in [5, 5.41) is 12.2. The minimum Gasteiger partial charge on any atom is -0.339 e. The van der Waals surface area contributed by atoms with Crippen LogP contribution in [0.4, 0.5) is 17.3 Å². The summed E-state index contributed by atoms with van der Waals surface area (Å²) in [5.41, 5.74) is 3.78. The van der Waals surface area contributed by atoms with Gasteiger partial charge in [0.05, 0.1) is 11.3 Å². The van der Waals surface area contributed by atoms with Crippen molar-refractivity contribution in [1.29, 1.82) is 5.26 Å². The molecule has 0 fully saturated rings. The van der Waals surface area contributed by atoms with Crippen molar-refractivity contribution in [3.63, 3.8) is 0 Å². The molecule has 102 valence electrons. The third-order valence-corrected chi connectivity index (χ3v) is 2.72. The van der Waals surface area contributed by atoms with Gasteiger partial charge in [-0.2, -0.15) is 5.26 Å². The molecule has 0 radical (unpaired) electrons. The number of hydrogen-bond acceptors (Lipinski definition) is 6. The summed E-state index contributed by atoms with van der Waals surface area (Å²) in [6.45, 7) is 4.01. The second-order valence-electron chi connectivity index (χ2n) is 4.58. The van der Waals surface area contributed by atoms with E-state index in [2.05, 4.69) is 26.8 Å². The minimum absolute atomic E-state index is 0.176. The molecule has 0 unspecified atom stereocenters. The van der Waals surface area contributed by atoms with Crippen molar-refractivity contribution in [2.45, 2.75) is 19.8 Å². The summed E-state index contributed by atoms with van der Waals surface area (Å²) in [4.78, 5) is 8.71. The van der Waals surface area contributed by atoms with Gasteiger partial charge in [-0.15, -0.1) is 0 Å². The van der Waals surface area contributed by atoms with Crippen LogP contribution in [-0.2, 0) is 0 Å². The lowest BCUT2D eigenvalue weighted by atomic mass is 10.2. The second kappa shape index (κ2) is 5.99. The van der Waals surface area contributed by atoms with Gasteiger partial charge in [-0.25, -0.2) is 15.8 Å². The van der Waals surface area contributed by atoms with E-state index in [4.69, 9.17) is 11.1 Å². The Morgan fingerprint density at radius 3 is 2.55 bits per heavy atom. The van der Waals surface area contributed by atoms with Crippen molar-refractivity contribution >= 4 is 17.3 Å². The first-order chi connectivity index (χ1) is 9.63. The molecule has 0 saturated carbocycles. The Morgan fingerprint density at radius 2 is 1.90 bits per heavy atom. The van der Waals surface area contributed by atoms with E-state index in [1.165, 1.54) is 0 Å². The van der Waals surface area contributed by atoms with Crippen LogP contribution in [0.5, 0.6) is 0 Å². The van der Waals surface area contributed by atoms with Gasteiger partial charge < -0.3 is 10.7 Å². The van der Waals surface area contributed by atoms with Crippen LogP contribution >= 0.6 is 0 Å². The number of para-hydroxylation sites is 1. The average Bonchev–Trinajstić information content (AvgIpc) is 2.47. The molecule has 2 aromatic rings. The van der Waals surface area contributed by atoms with Gasteiger partial charge in [-0.3, -0.25) is 0 Å². The first-order valence-electron chi connectivity index (χ1n) is 6.25. The number of nitrogens with zero attached hydrogens (tertiary/aromatic N) is 3. The molecule has 0 aliphatic carbocycles. The van der Waals surface area contributed by atoms with E-state index in [1.54, 1.807) is 12.1 Å². The topological polar surface area (TPSA) is 99.6 Å². The third-order valence-electron chi connectivity index (χ3n) is 2.72. The maximum atomic E-state index is 9.08. The summed E-state index contributed by atoms with van der Waals surface area (Å²) < 4.78 is 0. The number of nitrogens with one attached hydrogen (secondary N) is 2. The van der Waals surface area contributed by atoms with Crippen LogP contribution in [0.1, 0.15) is 31.2 Å². The molecule has 20 heavy (non-hydrogen) atoms. The number of nitriles is 1. The highest BCUT2D eigenvalue weighted by Crippen LogP contribution is 2.22. The standard InChI is InChI=1S/C14H16N6/c1-9(2)14-18-12(7-13(19-14)20-16)17-11-6-4-3-5-10(11)8-15/h3-7,9H,16H2,1-2H3,(H2,17,18,19,20). The normalized spacial score (nSPS) is 10.2. The molecule has 0 aliphatic rings. The number of hydrogen-bond donors (Lipinski definition) is 3. The summed E-state index contributed by atoms with van der Waals surface area (Å²) in [7, 11) is 0. The molecule has 1 heterocycles. The van der Waals surface area contributed by atoms with Gasteiger partial charge in [0.2, 0.25) is 0 Å². The van der Waals surface area contributed by atoms with E-state index in [1.807, 2.05) is 32.0 Å². The van der Waals surface area contributed by atoms with Gasteiger partial charge in [-0.1, -0.05) is 26.0 Å². The lowest BCUT2D eigenvalue weighted by molar-refractivity contribution is 0.777. The third kappa shape index (κ3) is 3.02. The number of anilines is 3. The van der Waals surface area contributed by atoms with Crippen LogP contribution in [-0.4, -0.2) is 9.97 Å². The van der Waals surface area contributed by atoms with Crippen LogP contribution in [0.15, 0.2) is 30.3 Å². The molecule has 0 atom stereocenters. The second-order valence-corrected chi connectivity index (χ2v) is 4.58. The predicted molar refractivity (Wildman–Crippen MR) is 78.4 cm³/mol. The molecular weight excluding hydrogens is 252 g/mol. The minimum atomic E-state index is 0.176. The maximum Gasteiger partial charge on any atom is 0.145 e. The summed E-state index contributed by atoms with van der Waals surface area (Å²) >= 11 is 0. The van der Waals surface area contributed by atoms with Gasteiger partial charge in [-0.05, 0) is 12.1 Å². The van der Waals surface area contributed by atoms with Gasteiger partial charge in [0, 0.05) is 12.0 Å². The fourth-order valence-corrected chi connectivity index (χ4v) is 1.69. The van der Waals surface area contributed by atoms with E-state index in [9.17, 15) is 0 Å². The fraction of sp³-hybridized carbons (Fsp3) is 0.214. The number of rotatable bonds is 4. The van der Waals surface area contributed by atoms with E-state index in [0.717, 1.165) is 0 Å². The zero-order valence-electron chi connectivity index (χ0n) is 11.4. The Bertz CT molecular complexity index is 644. The summed E-state index contributed by atoms with van der Waals surface area (Å²) in [5.74, 6) is 7.40. The average molecular weight is 268 g/mol. The van der Waals surface area contributed by atoms with Crippen molar-refractivity contribution in [3.05, 3.63) is 41.7 Å². The molecule has 1 aromatic carbocycles. The van der Waals surface area contributed by atoms with Crippen LogP contribution < -0.4 is 16.6 Å². The number of nitrogen functional groups attached to an aromatic ring is 1. The SMILES string of the molecule is CC(C)c1nc(NN)cc(Nc2ccccc2C#N)n1. The highest BCUT2D eigenvalue weighted by molar-refractivity contribution is 5.65. The molecular formula is C14H16N6. The van der Waals surface area contributed by atoms with Crippen LogP contribution in [0, 0.1) is 11.3 Å². The van der Waals surface area contributed by atoms with Gasteiger partial charge in [0.15, 0.2) is 0 Å². The first-order valence-corrected chi connectivity index (χ1v) is 6.25. The van der Waals surface area contributed by atoms with Gasteiger partial charge >= 0.3 is 0 Å². The maximum absolute atomic E-state index is 9.08. The zero-order valence-corrected chi connectivity index (χ0v) is 11.4. The summed E-state index contributed by atoms with van der Waals surface area (Å²) in [6.07, 6.45) is 0. The van der Waals surface area contributed by atoms with Crippen LogP contribution in [0.25, 0.3) is 0 Å². The van der Waals surface area contributed by atoms with Crippen molar-refractivity contribution in [3.8, 4) is 6.07 Å². The smallest absolute Gasteiger partial charge is 0.145 e. The van der Waals surface area contributed by atoms with Crippen molar-refractivity contribution in [2.75, 3.05) is 10.7 Å². The lowest BCUT2D eigenvalue weighted by Crippen LogP contribution is -2.12. The van der Waals surface area contributed by atoms with Crippen LogP contribution in [0.3, 0.4) is 0 Å². The highest BCUT2D eigenvalue weighted by Gasteiger charge is 2.09. The number of hydrazine groups is 1. The Labute approximate surface area is 117 Å². The Balaban J connectivity index is 2.38. The quantitative estimate of drug-likeness (QED) is 0.582. The van der Waals surface area contributed by atoms with Crippen molar-refractivity contribution in [2.24, 2.45) is 5.84 Å². The molecule has 0 bridgehead atoms. The molecule has 1 aromatic heterocycles.